The van der Waals surface area contributed by atoms with E-state index in [1.165, 1.54) is 12.3 Å². The second kappa shape index (κ2) is 2.83. The maximum atomic E-state index is 11.5. The van der Waals surface area contributed by atoms with E-state index in [0.717, 1.165) is 0 Å². The van der Waals surface area contributed by atoms with Gasteiger partial charge in [0.25, 0.3) is 11.6 Å². The number of fused-ring (bicyclic) bond motifs is 1. The van der Waals surface area contributed by atoms with Crippen LogP contribution in [0.3, 0.4) is 0 Å². The quantitative estimate of drug-likeness (QED) is 0.483. The van der Waals surface area contributed by atoms with E-state index < -0.39 is 4.92 Å². The highest BCUT2D eigenvalue weighted by Crippen LogP contribution is 2.20. The molecule has 0 bridgehead atoms. The first-order valence-corrected chi connectivity index (χ1v) is 4.19. The van der Waals surface area contributed by atoms with E-state index in [0.29, 0.717) is 18.8 Å². The zero-order valence-corrected chi connectivity index (χ0v) is 7.64. The topological polar surface area (TPSA) is 68.4 Å². The van der Waals surface area contributed by atoms with Crippen LogP contribution in [0.25, 0.3) is 0 Å². The SMILES string of the molecule is CN1CCn2cc([N+](=O)[O-])cc2C1=O. The predicted molar refractivity (Wildman–Crippen MR) is 48.0 cm³/mol. The Morgan fingerprint density at radius 1 is 1.50 bits per heavy atom. The van der Waals surface area contributed by atoms with Gasteiger partial charge in [-0.2, -0.15) is 0 Å². The van der Waals surface area contributed by atoms with Crippen LogP contribution in [0.1, 0.15) is 10.5 Å². The number of rotatable bonds is 1. The molecule has 0 saturated carbocycles. The van der Waals surface area contributed by atoms with Gasteiger partial charge >= 0.3 is 0 Å². The van der Waals surface area contributed by atoms with Gasteiger partial charge in [0.05, 0.1) is 11.1 Å². The Kier molecular flexibility index (Phi) is 1.77. The Morgan fingerprint density at radius 3 is 2.86 bits per heavy atom. The van der Waals surface area contributed by atoms with E-state index in [2.05, 4.69) is 0 Å². The molecule has 0 aromatic carbocycles. The third-order valence-electron chi connectivity index (χ3n) is 2.34. The molecular weight excluding hydrogens is 186 g/mol. The normalized spacial score (nSPS) is 15.5. The first kappa shape index (κ1) is 8.74. The van der Waals surface area contributed by atoms with Crippen molar-refractivity contribution in [1.82, 2.24) is 9.47 Å². The number of nitrogens with zero attached hydrogens (tertiary/aromatic N) is 3. The van der Waals surface area contributed by atoms with Crippen molar-refractivity contribution in [3.05, 3.63) is 28.1 Å². The van der Waals surface area contributed by atoms with Crippen LogP contribution in [0.15, 0.2) is 12.3 Å². The molecule has 0 radical (unpaired) electrons. The van der Waals surface area contributed by atoms with E-state index in [-0.39, 0.29) is 11.6 Å². The van der Waals surface area contributed by atoms with Crippen LogP contribution < -0.4 is 0 Å². The summed E-state index contributed by atoms with van der Waals surface area (Å²) in [4.78, 5) is 23.1. The lowest BCUT2D eigenvalue weighted by Crippen LogP contribution is -2.36. The molecule has 0 N–H and O–H groups in total. The van der Waals surface area contributed by atoms with Gasteiger partial charge in [-0.1, -0.05) is 0 Å². The van der Waals surface area contributed by atoms with Crippen LogP contribution in [0.4, 0.5) is 5.69 Å². The summed E-state index contributed by atoms with van der Waals surface area (Å²) in [5, 5.41) is 10.5. The molecule has 14 heavy (non-hydrogen) atoms. The molecule has 2 rings (SSSR count). The predicted octanol–water partition coefficient (Wildman–Crippen LogP) is 0.482. The summed E-state index contributed by atoms with van der Waals surface area (Å²) >= 11 is 0. The molecule has 1 amide bonds. The number of hydrogen-bond acceptors (Lipinski definition) is 3. The Bertz CT molecular complexity index is 410. The highest BCUT2D eigenvalue weighted by atomic mass is 16.6. The van der Waals surface area contributed by atoms with Crippen molar-refractivity contribution in [3.8, 4) is 0 Å². The molecule has 0 unspecified atom stereocenters. The molecule has 74 valence electrons. The molecule has 0 atom stereocenters. The number of aromatic nitrogens is 1. The first-order valence-electron chi connectivity index (χ1n) is 4.19. The maximum absolute atomic E-state index is 11.5. The van der Waals surface area contributed by atoms with Crippen molar-refractivity contribution in [2.75, 3.05) is 13.6 Å². The standard InChI is InChI=1S/C8H9N3O3/c1-9-2-3-10-5-6(11(13)14)4-7(10)8(9)12/h4-5H,2-3H2,1H3. The van der Waals surface area contributed by atoms with E-state index in [1.54, 1.807) is 16.5 Å². The lowest BCUT2D eigenvalue weighted by Gasteiger charge is -2.23. The Hall–Kier alpha value is -1.85. The molecule has 2 heterocycles. The summed E-state index contributed by atoms with van der Waals surface area (Å²) < 4.78 is 1.63. The molecule has 0 fully saturated rings. The van der Waals surface area contributed by atoms with Crippen LogP contribution in [0.5, 0.6) is 0 Å². The van der Waals surface area contributed by atoms with Crippen LogP contribution in [0.2, 0.25) is 0 Å². The second-order valence-electron chi connectivity index (χ2n) is 3.26. The molecule has 0 spiro atoms. The zero-order valence-electron chi connectivity index (χ0n) is 7.64. The van der Waals surface area contributed by atoms with Crippen LogP contribution in [-0.4, -0.2) is 33.9 Å². The fourth-order valence-corrected chi connectivity index (χ4v) is 1.51. The monoisotopic (exact) mass is 195 g/mol. The van der Waals surface area contributed by atoms with Gasteiger partial charge in [-0.05, 0) is 0 Å². The molecule has 6 nitrogen and oxygen atoms in total. The van der Waals surface area contributed by atoms with Crippen molar-refractivity contribution in [2.24, 2.45) is 0 Å². The number of nitro groups is 1. The molecule has 1 aromatic heterocycles. The van der Waals surface area contributed by atoms with Crippen molar-refractivity contribution in [1.29, 1.82) is 0 Å². The summed E-state index contributed by atoms with van der Waals surface area (Å²) in [6, 6.07) is 1.32. The third-order valence-corrected chi connectivity index (χ3v) is 2.34. The number of amides is 1. The molecule has 1 aromatic rings. The van der Waals surface area contributed by atoms with Gasteiger partial charge in [0.15, 0.2) is 0 Å². The van der Waals surface area contributed by atoms with E-state index in [1.807, 2.05) is 0 Å². The lowest BCUT2D eigenvalue weighted by atomic mass is 10.3. The summed E-state index contributed by atoms with van der Waals surface area (Å²) in [6.45, 7) is 1.21. The average molecular weight is 195 g/mol. The van der Waals surface area contributed by atoms with E-state index in [4.69, 9.17) is 0 Å². The van der Waals surface area contributed by atoms with Crippen LogP contribution >= 0.6 is 0 Å². The molecular formula is C8H9N3O3. The van der Waals surface area contributed by atoms with Crippen molar-refractivity contribution >= 4 is 11.6 Å². The zero-order chi connectivity index (χ0) is 10.3. The molecule has 6 heteroatoms. The van der Waals surface area contributed by atoms with Gasteiger partial charge < -0.3 is 9.47 Å². The lowest BCUT2D eigenvalue weighted by molar-refractivity contribution is -0.384. The number of hydrogen-bond donors (Lipinski definition) is 0. The van der Waals surface area contributed by atoms with Gasteiger partial charge in [0.2, 0.25) is 0 Å². The van der Waals surface area contributed by atoms with Crippen molar-refractivity contribution in [2.45, 2.75) is 6.54 Å². The molecule has 1 aliphatic heterocycles. The first-order chi connectivity index (χ1) is 6.59. The minimum atomic E-state index is -0.488. The minimum absolute atomic E-state index is 0.0244. The molecule has 1 aliphatic rings. The van der Waals surface area contributed by atoms with Gasteiger partial charge in [-0.3, -0.25) is 14.9 Å². The fraction of sp³-hybridized carbons (Fsp3) is 0.375. The van der Waals surface area contributed by atoms with Crippen LogP contribution in [0, 0.1) is 10.1 Å². The second-order valence-corrected chi connectivity index (χ2v) is 3.26. The fourth-order valence-electron chi connectivity index (χ4n) is 1.51. The summed E-state index contributed by atoms with van der Waals surface area (Å²) in [5.41, 5.74) is 0.370. The van der Waals surface area contributed by atoms with Crippen molar-refractivity contribution < 1.29 is 9.72 Å². The van der Waals surface area contributed by atoms with Gasteiger partial charge in [0.1, 0.15) is 5.69 Å². The van der Waals surface area contributed by atoms with E-state index >= 15 is 0 Å². The van der Waals surface area contributed by atoms with Crippen LogP contribution in [-0.2, 0) is 6.54 Å². The number of carbonyl (C=O) groups is 1. The molecule has 0 aliphatic carbocycles. The highest BCUT2D eigenvalue weighted by Gasteiger charge is 2.25. The Labute approximate surface area is 79.9 Å². The van der Waals surface area contributed by atoms with Gasteiger partial charge in [-0.25, -0.2) is 0 Å². The van der Waals surface area contributed by atoms with Gasteiger partial charge in [-0.15, -0.1) is 0 Å². The number of carbonyl (C=O) groups excluding carboxylic acids is 1. The average Bonchev–Trinajstić information content (AvgIpc) is 2.56. The smallest absolute Gasteiger partial charge is 0.287 e. The van der Waals surface area contributed by atoms with Crippen molar-refractivity contribution in [3.63, 3.8) is 0 Å². The molecule has 0 saturated heterocycles. The highest BCUT2D eigenvalue weighted by molar-refractivity contribution is 5.94. The number of likely N-dealkylation sites (N-methyl/N-ethyl adjacent to an activating group) is 1. The third kappa shape index (κ3) is 1.15. The van der Waals surface area contributed by atoms with E-state index in [9.17, 15) is 14.9 Å². The minimum Gasteiger partial charge on any atom is -0.339 e. The summed E-state index contributed by atoms with van der Waals surface area (Å²) in [5.74, 6) is -0.163. The largest absolute Gasteiger partial charge is 0.339 e. The van der Waals surface area contributed by atoms with Gasteiger partial charge in [0, 0.05) is 26.2 Å². The summed E-state index contributed by atoms with van der Waals surface area (Å²) in [6.07, 6.45) is 1.40. The Morgan fingerprint density at radius 2 is 2.21 bits per heavy atom. The Balaban J connectivity index is 2.46. The maximum Gasteiger partial charge on any atom is 0.287 e. The summed E-state index contributed by atoms with van der Waals surface area (Å²) in [7, 11) is 1.69.